The Bertz CT molecular complexity index is 1720. The third kappa shape index (κ3) is 1.73. The van der Waals surface area contributed by atoms with Crippen molar-refractivity contribution in [2.24, 2.45) is 0 Å². The molecule has 4 heteroatoms. The largest absolute Gasteiger partial charge is 0.353 e. The summed E-state index contributed by atoms with van der Waals surface area (Å²) in [6.07, 6.45) is 0. The predicted molar refractivity (Wildman–Crippen MR) is 119 cm³/mol. The minimum atomic E-state index is 1.03. The van der Waals surface area contributed by atoms with Gasteiger partial charge in [-0.25, -0.2) is 9.97 Å². The van der Waals surface area contributed by atoms with E-state index >= 15 is 0 Å². The predicted octanol–water partition coefficient (Wildman–Crippen LogP) is 6.79. The fourth-order valence-electron chi connectivity index (χ4n) is 4.36. The average molecular weight is 375 g/mol. The first-order valence-corrected chi connectivity index (χ1v) is 10.1. The molecule has 0 aliphatic carbocycles. The molecule has 7 aromatic rings. The van der Waals surface area contributed by atoms with E-state index in [1.807, 2.05) is 6.07 Å². The molecule has 1 N–H and O–H groups in total. The van der Waals surface area contributed by atoms with Gasteiger partial charge >= 0.3 is 0 Å². The first-order valence-electron chi connectivity index (χ1n) is 9.28. The number of nitrogens with one attached hydrogen (secondary N) is 1. The quantitative estimate of drug-likeness (QED) is 0.297. The smallest absolute Gasteiger partial charge is 0.0931 e. The van der Waals surface area contributed by atoms with Gasteiger partial charge in [0.25, 0.3) is 0 Å². The molecule has 0 aliphatic heterocycles. The van der Waals surface area contributed by atoms with Crippen molar-refractivity contribution in [2.45, 2.75) is 0 Å². The zero-order valence-corrected chi connectivity index (χ0v) is 15.5. The third-order valence-corrected chi connectivity index (χ3v) is 6.75. The van der Waals surface area contributed by atoms with E-state index in [1.165, 1.54) is 25.6 Å². The molecule has 28 heavy (non-hydrogen) atoms. The Labute approximate surface area is 163 Å². The molecule has 0 fully saturated rings. The minimum absolute atomic E-state index is 1.03. The Morgan fingerprint density at radius 3 is 2.11 bits per heavy atom. The monoisotopic (exact) mass is 375 g/mol. The average Bonchev–Trinajstić information content (AvgIpc) is 3.31. The third-order valence-electron chi connectivity index (χ3n) is 5.57. The van der Waals surface area contributed by atoms with Crippen LogP contribution >= 0.6 is 11.3 Å². The maximum absolute atomic E-state index is 5.04. The summed E-state index contributed by atoms with van der Waals surface area (Å²) in [4.78, 5) is 13.8. The van der Waals surface area contributed by atoms with E-state index in [1.54, 1.807) is 11.3 Å². The van der Waals surface area contributed by atoms with Crippen molar-refractivity contribution in [1.82, 2.24) is 15.0 Å². The topological polar surface area (TPSA) is 41.6 Å². The van der Waals surface area contributed by atoms with Crippen LogP contribution in [0.15, 0.2) is 72.8 Å². The zero-order valence-electron chi connectivity index (χ0n) is 14.7. The van der Waals surface area contributed by atoms with Gasteiger partial charge in [-0.3, -0.25) is 0 Å². The summed E-state index contributed by atoms with van der Waals surface area (Å²) < 4.78 is 2.42. The van der Waals surface area contributed by atoms with Crippen LogP contribution in [0.1, 0.15) is 0 Å². The van der Waals surface area contributed by atoms with Crippen LogP contribution in [0.5, 0.6) is 0 Å². The molecular formula is C24H13N3S. The number of para-hydroxylation sites is 3. The lowest BCUT2D eigenvalue weighted by Crippen LogP contribution is -1.84. The lowest BCUT2D eigenvalue weighted by atomic mass is 10.1. The van der Waals surface area contributed by atoms with Gasteiger partial charge in [0.1, 0.15) is 0 Å². The van der Waals surface area contributed by atoms with Gasteiger partial charge in [0.2, 0.25) is 0 Å². The molecule has 0 spiro atoms. The number of hydrogen-bond acceptors (Lipinski definition) is 3. The number of rotatable bonds is 0. The van der Waals surface area contributed by atoms with Gasteiger partial charge in [-0.05, 0) is 24.3 Å². The number of H-pyrrole nitrogens is 1. The van der Waals surface area contributed by atoms with Crippen molar-refractivity contribution in [3.05, 3.63) is 72.8 Å². The lowest BCUT2D eigenvalue weighted by molar-refractivity contribution is 1.53. The van der Waals surface area contributed by atoms with Crippen molar-refractivity contribution >= 4 is 75.4 Å². The molecule has 7 rings (SSSR count). The van der Waals surface area contributed by atoms with Crippen LogP contribution in [0.4, 0.5) is 0 Å². The maximum atomic E-state index is 5.04. The molecule has 0 aliphatic rings. The van der Waals surface area contributed by atoms with Crippen LogP contribution < -0.4 is 0 Å². The molecular weight excluding hydrogens is 362 g/mol. The van der Waals surface area contributed by atoms with Gasteiger partial charge < -0.3 is 4.98 Å². The van der Waals surface area contributed by atoms with Gasteiger partial charge in [-0.1, -0.05) is 48.5 Å². The summed E-state index contributed by atoms with van der Waals surface area (Å²) in [5, 5.41) is 4.72. The van der Waals surface area contributed by atoms with Crippen LogP contribution in [-0.2, 0) is 0 Å². The Balaban J connectivity index is 1.90. The molecule has 0 radical (unpaired) electrons. The van der Waals surface area contributed by atoms with E-state index in [9.17, 15) is 0 Å². The Morgan fingerprint density at radius 1 is 0.643 bits per heavy atom. The second-order valence-corrected chi connectivity index (χ2v) is 8.18. The van der Waals surface area contributed by atoms with Crippen LogP contribution in [-0.4, -0.2) is 15.0 Å². The highest BCUT2D eigenvalue weighted by atomic mass is 32.1. The summed E-state index contributed by atoms with van der Waals surface area (Å²) in [5.41, 5.74) is 6.40. The minimum Gasteiger partial charge on any atom is -0.353 e. The molecule has 3 nitrogen and oxygen atoms in total. The SMILES string of the molecule is c1ccc2c(c1)nc1c3sc4ccccc4[nH]c3c3c4ccccc4nc3c21. The number of nitrogens with zero attached hydrogens (tertiary/aromatic N) is 2. The van der Waals surface area contributed by atoms with Crippen molar-refractivity contribution < 1.29 is 0 Å². The van der Waals surface area contributed by atoms with Crippen molar-refractivity contribution in [3.8, 4) is 0 Å². The van der Waals surface area contributed by atoms with Gasteiger partial charge in [0.15, 0.2) is 0 Å². The van der Waals surface area contributed by atoms with E-state index in [2.05, 4.69) is 71.7 Å². The molecule has 0 saturated heterocycles. The summed E-state index contributed by atoms with van der Waals surface area (Å²) in [6.45, 7) is 0. The standard InChI is InChI=1S/C24H13N3S/c1-3-9-15-13(7-1)20-21(25-15)19-14-8-2-4-10-16(14)26-22(19)24-23(20)27-17-11-5-6-12-18(17)28-24/h1-12,27H. The number of aromatic nitrogens is 3. The molecule has 3 aromatic heterocycles. The molecule has 0 amide bonds. The second kappa shape index (κ2) is 5.06. The van der Waals surface area contributed by atoms with Crippen LogP contribution in [0, 0.1) is 0 Å². The fraction of sp³-hybridized carbons (Fsp3) is 0. The van der Waals surface area contributed by atoms with E-state index in [4.69, 9.17) is 9.97 Å². The van der Waals surface area contributed by atoms with E-state index in [-0.39, 0.29) is 0 Å². The first-order chi connectivity index (χ1) is 13.9. The highest BCUT2D eigenvalue weighted by Gasteiger charge is 2.20. The number of hydrogen-bond donors (Lipinski definition) is 1. The van der Waals surface area contributed by atoms with E-state index in [0.717, 1.165) is 38.5 Å². The second-order valence-electron chi connectivity index (χ2n) is 7.13. The first kappa shape index (κ1) is 14.5. The Kier molecular flexibility index (Phi) is 2.63. The van der Waals surface area contributed by atoms with Gasteiger partial charge in [0.05, 0.1) is 42.5 Å². The number of fused-ring (bicyclic) bond motifs is 11. The summed E-state index contributed by atoms with van der Waals surface area (Å²) in [5.74, 6) is 0. The van der Waals surface area contributed by atoms with Gasteiger partial charge in [0, 0.05) is 21.5 Å². The maximum Gasteiger partial charge on any atom is 0.0931 e. The number of benzene rings is 4. The number of aromatic amines is 1. The van der Waals surface area contributed by atoms with Crippen LogP contribution in [0.25, 0.3) is 64.0 Å². The molecule has 0 unspecified atom stereocenters. The molecule has 0 atom stereocenters. The summed E-state index contributed by atoms with van der Waals surface area (Å²) >= 11 is 1.80. The van der Waals surface area contributed by atoms with E-state index < -0.39 is 0 Å². The highest BCUT2D eigenvalue weighted by Crippen LogP contribution is 2.43. The lowest BCUT2D eigenvalue weighted by Gasteiger charge is -2.06. The van der Waals surface area contributed by atoms with E-state index in [0.29, 0.717) is 0 Å². The van der Waals surface area contributed by atoms with Crippen molar-refractivity contribution in [3.63, 3.8) is 0 Å². The summed E-state index contributed by atoms with van der Waals surface area (Å²) in [6, 6.07) is 25.2. The van der Waals surface area contributed by atoms with Gasteiger partial charge in [-0.15, -0.1) is 11.3 Å². The van der Waals surface area contributed by atoms with Crippen LogP contribution in [0.3, 0.4) is 0 Å². The molecule has 0 saturated carbocycles. The van der Waals surface area contributed by atoms with Gasteiger partial charge in [-0.2, -0.15) is 0 Å². The highest BCUT2D eigenvalue weighted by molar-refractivity contribution is 7.25. The normalized spacial score (nSPS) is 12.3. The molecule has 4 aromatic carbocycles. The summed E-state index contributed by atoms with van der Waals surface area (Å²) in [7, 11) is 0. The Morgan fingerprint density at radius 2 is 1.29 bits per heavy atom. The van der Waals surface area contributed by atoms with Crippen LogP contribution in [0.2, 0.25) is 0 Å². The van der Waals surface area contributed by atoms with Crippen molar-refractivity contribution in [1.29, 1.82) is 0 Å². The molecule has 130 valence electrons. The molecule has 0 bridgehead atoms. The molecule has 3 heterocycles. The zero-order chi connectivity index (χ0) is 18.2. The fourth-order valence-corrected chi connectivity index (χ4v) is 5.46. The van der Waals surface area contributed by atoms with Crippen molar-refractivity contribution in [2.75, 3.05) is 0 Å². The Hall–Kier alpha value is -3.50.